The molecule has 10 heteroatoms. The number of benzene rings is 1. The largest absolute Gasteiger partial charge is 0.457 e. The van der Waals surface area contributed by atoms with Gasteiger partial charge in [0.1, 0.15) is 17.3 Å². The third-order valence-electron chi connectivity index (χ3n) is 4.70. The van der Waals surface area contributed by atoms with E-state index in [0.29, 0.717) is 17.0 Å². The fourth-order valence-corrected chi connectivity index (χ4v) is 5.31. The second kappa shape index (κ2) is 8.43. The number of esters is 1. The van der Waals surface area contributed by atoms with Gasteiger partial charge in [0.25, 0.3) is 0 Å². The summed E-state index contributed by atoms with van der Waals surface area (Å²) in [6.45, 7) is 7.48. The first-order chi connectivity index (χ1) is 13.6. The molecule has 1 aromatic heterocycles. The maximum absolute atomic E-state index is 13.1. The number of halogens is 1. The Hall–Kier alpha value is -1.94. The zero-order valence-electron chi connectivity index (χ0n) is 16.6. The van der Waals surface area contributed by atoms with Gasteiger partial charge in [0.2, 0.25) is 10.0 Å². The molecule has 1 saturated heterocycles. The van der Waals surface area contributed by atoms with Crippen LogP contribution in [0.3, 0.4) is 0 Å². The van der Waals surface area contributed by atoms with Crippen molar-refractivity contribution in [1.29, 1.82) is 0 Å². The van der Waals surface area contributed by atoms with Gasteiger partial charge >= 0.3 is 5.97 Å². The average molecular weight is 443 g/mol. The Bertz CT molecular complexity index is 990. The zero-order chi connectivity index (χ0) is 21.3. The topological polar surface area (TPSA) is 98.9 Å². The number of hydrogen-bond donors (Lipinski definition) is 0. The number of morpholine rings is 1. The minimum Gasteiger partial charge on any atom is -0.457 e. The molecular weight excluding hydrogens is 420 g/mol. The van der Waals surface area contributed by atoms with E-state index in [4.69, 9.17) is 25.6 Å². The van der Waals surface area contributed by atoms with E-state index < -0.39 is 16.0 Å². The predicted molar refractivity (Wildman–Crippen MR) is 105 cm³/mol. The summed E-state index contributed by atoms with van der Waals surface area (Å²) in [7, 11) is -3.90. The third-order valence-corrected chi connectivity index (χ3v) is 7.01. The lowest BCUT2D eigenvalue weighted by atomic mass is 10.2. The van der Waals surface area contributed by atoms with E-state index in [0.717, 1.165) is 0 Å². The number of hydrogen-bond acceptors (Lipinski definition) is 7. The number of ether oxygens (including phenoxy) is 2. The van der Waals surface area contributed by atoms with Crippen LogP contribution in [0.1, 0.15) is 41.2 Å². The van der Waals surface area contributed by atoms with Crippen LogP contribution in [0.25, 0.3) is 0 Å². The van der Waals surface area contributed by atoms with Gasteiger partial charge < -0.3 is 14.0 Å². The van der Waals surface area contributed by atoms with Crippen LogP contribution < -0.4 is 0 Å². The van der Waals surface area contributed by atoms with Crippen LogP contribution in [0.5, 0.6) is 0 Å². The van der Waals surface area contributed by atoms with Crippen LogP contribution in [0.4, 0.5) is 0 Å². The predicted octanol–water partition coefficient (Wildman–Crippen LogP) is 3.10. The van der Waals surface area contributed by atoms with Gasteiger partial charge in [0.05, 0.1) is 34.1 Å². The van der Waals surface area contributed by atoms with Crippen molar-refractivity contribution in [3.63, 3.8) is 0 Å². The molecule has 2 unspecified atom stereocenters. The lowest BCUT2D eigenvalue weighted by Gasteiger charge is -2.34. The first kappa shape index (κ1) is 21.8. The number of sulfonamides is 1. The van der Waals surface area contributed by atoms with E-state index >= 15 is 0 Å². The SMILES string of the molecule is Cc1noc(C)c1COC(=O)c1ccc(Cl)c(S(=O)(=O)N2CC(C)OC(C)C2)c1. The molecule has 2 atom stereocenters. The summed E-state index contributed by atoms with van der Waals surface area (Å²) in [4.78, 5) is 12.4. The Morgan fingerprint density at radius 1 is 1.28 bits per heavy atom. The maximum atomic E-state index is 13.1. The molecule has 0 radical (unpaired) electrons. The van der Waals surface area contributed by atoms with Gasteiger partial charge in [-0.05, 0) is 45.9 Å². The molecule has 3 rings (SSSR count). The van der Waals surface area contributed by atoms with E-state index in [1.807, 2.05) is 13.8 Å². The summed E-state index contributed by atoms with van der Waals surface area (Å²) in [5, 5.41) is 3.85. The van der Waals surface area contributed by atoms with Crippen molar-refractivity contribution in [2.75, 3.05) is 13.1 Å². The van der Waals surface area contributed by atoms with Crippen LogP contribution in [-0.4, -0.2) is 49.1 Å². The van der Waals surface area contributed by atoms with Crippen molar-refractivity contribution in [1.82, 2.24) is 9.46 Å². The van der Waals surface area contributed by atoms with Crippen LogP contribution >= 0.6 is 11.6 Å². The van der Waals surface area contributed by atoms with Crippen molar-refractivity contribution in [3.8, 4) is 0 Å². The Kier molecular flexibility index (Phi) is 6.33. The van der Waals surface area contributed by atoms with Gasteiger partial charge in [0.15, 0.2) is 0 Å². The molecule has 29 heavy (non-hydrogen) atoms. The summed E-state index contributed by atoms with van der Waals surface area (Å²) in [6.07, 6.45) is -0.481. The minimum absolute atomic E-state index is 0.0246. The van der Waals surface area contributed by atoms with Crippen molar-refractivity contribution < 1.29 is 27.2 Å². The van der Waals surface area contributed by atoms with Crippen LogP contribution in [-0.2, 0) is 26.1 Å². The Morgan fingerprint density at radius 3 is 2.52 bits per heavy atom. The average Bonchev–Trinajstić information content (AvgIpc) is 2.97. The molecule has 1 fully saturated rings. The van der Waals surface area contributed by atoms with Gasteiger partial charge in [-0.25, -0.2) is 13.2 Å². The van der Waals surface area contributed by atoms with Crippen molar-refractivity contribution in [2.45, 2.75) is 51.4 Å². The highest BCUT2D eigenvalue weighted by Gasteiger charge is 2.34. The highest BCUT2D eigenvalue weighted by molar-refractivity contribution is 7.89. The van der Waals surface area contributed by atoms with Crippen LogP contribution in [0, 0.1) is 13.8 Å². The number of aromatic nitrogens is 1. The molecule has 8 nitrogen and oxygen atoms in total. The van der Waals surface area contributed by atoms with Crippen LogP contribution in [0.2, 0.25) is 5.02 Å². The van der Waals surface area contributed by atoms with E-state index in [9.17, 15) is 13.2 Å². The highest BCUT2D eigenvalue weighted by atomic mass is 35.5. The Labute approximate surface area is 174 Å². The Balaban J connectivity index is 1.83. The first-order valence-corrected chi connectivity index (χ1v) is 11.0. The maximum Gasteiger partial charge on any atom is 0.338 e. The zero-order valence-corrected chi connectivity index (χ0v) is 18.2. The monoisotopic (exact) mass is 442 g/mol. The van der Waals surface area contributed by atoms with E-state index in [1.165, 1.54) is 22.5 Å². The minimum atomic E-state index is -3.90. The van der Waals surface area contributed by atoms with Gasteiger partial charge in [-0.15, -0.1) is 0 Å². The normalized spacial score (nSPS) is 20.6. The first-order valence-electron chi connectivity index (χ1n) is 9.13. The van der Waals surface area contributed by atoms with Crippen molar-refractivity contribution in [2.24, 2.45) is 0 Å². The fourth-order valence-electron chi connectivity index (χ4n) is 3.22. The summed E-state index contributed by atoms with van der Waals surface area (Å²) in [5.41, 5.74) is 1.40. The number of aryl methyl sites for hydroxylation is 2. The van der Waals surface area contributed by atoms with Crippen molar-refractivity contribution in [3.05, 3.63) is 45.8 Å². The molecule has 158 valence electrons. The number of rotatable bonds is 5. The molecule has 1 aliphatic rings. The molecule has 2 heterocycles. The van der Waals surface area contributed by atoms with E-state index in [1.54, 1.807) is 13.8 Å². The smallest absolute Gasteiger partial charge is 0.338 e. The lowest BCUT2D eigenvalue weighted by molar-refractivity contribution is -0.0440. The van der Waals surface area contributed by atoms with Gasteiger partial charge in [-0.2, -0.15) is 4.31 Å². The summed E-state index contributed by atoms with van der Waals surface area (Å²) in [5.74, 6) is -0.105. The molecule has 0 amide bonds. The van der Waals surface area contributed by atoms with Gasteiger partial charge in [0, 0.05) is 13.1 Å². The van der Waals surface area contributed by atoms with E-state index in [-0.39, 0.29) is 47.4 Å². The molecule has 2 aromatic rings. The molecular formula is C19H23ClN2O6S. The molecule has 1 aromatic carbocycles. The summed E-state index contributed by atoms with van der Waals surface area (Å²) < 4.78 is 43.5. The number of carbonyl (C=O) groups excluding carboxylic acids is 1. The van der Waals surface area contributed by atoms with Gasteiger partial charge in [-0.1, -0.05) is 16.8 Å². The summed E-state index contributed by atoms with van der Waals surface area (Å²) in [6, 6.07) is 4.06. The Morgan fingerprint density at radius 2 is 1.93 bits per heavy atom. The standard InChI is InChI=1S/C19H23ClN2O6S/c1-11-8-22(9-12(2)27-11)29(24,25)18-7-15(5-6-17(18)20)19(23)26-10-16-13(3)21-28-14(16)4/h5-7,11-12H,8-10H2,1-4H3. The molecule has 0 saturated carbocycles. The lowest BCUT2D eigenvalue weighted by Crippen LogP contribution is -2.48. The van der Waals surface area contributed by atoms with E-state index in [2.05, 4.69) is 5.16 Å². The second-order valence-corrected chi connectivity index (χ2v) is 9.42. The third kappa shape index (κ3) is 4.63. The van der Waals surface area contributed by atoms with Crippen LogP contribution in [0.15, 0.2) is 27.6 Å². The van der Waals surface area contributed by atoms with Crippen molar-refractivity contribution >= 4 is 27.6 Å². The molecule has 1 aliphatic heterocycles. The molecule has 0 aliphatic carbocycles. The molecule has 0 bridgehead atoms. The summed E-state index contributed by atoms with van der Waals surface area (Å²) >= 11 is 6.17. The highest BCUT2D eigenvalue weighted by Crippen LogP contribution is 2.28. The quantitative estimate of drug-likeness (QED) is 0.656. The molecule has 0 N–H and O–H groups in total. The number of carbonyl (C=O) groups is 1. The fraction of sp³-hybridized carbons (Fsp3) is 0.474. The molecule has 0 spiro atoms. The number of nitrogens with zero attached hydrogens (tertiary/aromatic N) is 2. The second-order valence-electron chi connectivity index (χ2n) is 7.10. The van der Waals surface area contributed by atoms with Gasteiger partial charge in [-0.3, -0.25) is 0 Å².